The Bertz CT molecular complexity index is 514. The number of carboxylic acids is 1. The van der Waals surface area contributed by atoms with Crippen molar-refractivity contribution in [1.82, 2.24) is 0 Å². The average Bonchev–Trinajstić information content (AvgIpc) is 2.60. The van der Waals surface area contributed by atoms with Crippen molar-refractivity contribution in [3.63, 3.8) is 0 Å². The fourth-order valence-corrected chi connectivity index (χ4v) is 2.77. The summed E-state index contributed by atoms with van der Waals surface area (Å²) in [5.41, 5.74) is 1.65. The molecule has 0 unspecified atom stereocenters. The van der Waals surface area contributed by atoms with Gasteiger partial charge in [-0.3, -0.25) is 0 Å². The van der Waals surface area contributed by atoms with Crippen LogP contribution in [-0.2, 0) is 4.79 Å². The molecule has 1 aromatic rings. The zero-order chi connectivity index (χ0) is 17.6. The van der Waals surface area contributed by atoms with Crippen molar-refractivity contribution in [2.45, 2.75) is 71.1 Å². The summed E-state index contributed by atoms with van der Waals surface area (Å²) in [6.45, 7) is 5.95. The number of aliphatic carboxylic acids is 1. The van der Waals surface area contributed by atoms with E-state index in [0.717, 1.165) is 18.4 Å². The molecule has 1 radical (unpaired) electrons. The van der Waals surface area contributed by atoms with Gasteiger partial charge in [0, 0.05) is 0 Å². The highest BCUT2D eigenvalue weighted by Crippen LogP contribution is 2.23. The van der Waals surface area contributed by atoms with Crippen LogP contribution in [0.25, 0.3) is 5.57 Å². The summed E-state index contributed by atoms with van der Waals surface area (Å²) in [4.78, 5) is 11.2. The molecule has 0 saturated heterocycles. The lowest BCUT2D eigenvalue weighted by atomic mass is 9.97. The Morgan fingerprint density at radius 1 is 1.08 bits per heavy atom. The van der Waals surface area contributed by atoms with Gasteiger partial charge in [0.1, 0.15) is 0 Å². The second-order valence-corrected chi connectivity index (χ2v) is 6.29. The van der Waals surface area contributed by atoms with E-state index in [4.69, 9.17) is 0 Å². The molecule has 2 heteroatoms. The van der Waals surface area contributed by atoms with Gasteiger partial charge in [-0.25, -0.2) is 4.79 Å². The van der Waals surface area contributed by atoms with Crippen LogP contribution in [0.1, 0.15) is 76.7 Å². The first-order valence-corrected chi connectivity index (χ1v) is 9.26. The van der Waals surface area contributed by atoms with Gasteiger partial charge in [-0.15, -0.1) is 0 Å². The minimum Gasteiger partial charge on any atom is -0.478 e. The molecule has 1 rings (SSSR count). The summed E-state index contributed by atoms with van der Waals surface area (Å²) in [5.74, 6) is -0.967. The fraction of sp³-hybridized carbons (Fsp3) is 0.500. The lowest BCUT2D eigenvalue weighted by Gasteiger charge is -2.08. The van der Waals surface area contributed by atoms with E-state index in [0.29, 0.717) is 5.57 Å². The van der Waals surface area contributed by atoms with Crippen molar-refractivity contribution >= 4 is 11.5 Å². The van der Waals surface area contributed by atoms with Crippen LogP contribution in [0.2, 0.25) is 0 Å². The summed E-state index contributed by atoms with van der Waals surface area (Å²) in [6.07, 6.45) is 14.5. The monoisotopic (exact) mass is 327 g/mol. The van der Waals surface area contributed by atoms with Crippen molar-refractivity contribution in [3.8, 4) is 0 Å². The normalized spacial score (nSPS) is 11.5. The van der Waals surface area contributed by atoms with E-state index in [1.807, 2.05) is 24.3 Å². The summed E-state index contributed by atoms with van der Waals surface area (Å²) in [7, 11) is 0. The van der Waals surface area contributed by atoms with Crippen LogP contribution in [0.5, 0.6) is 0 Å². The van der Waals surface area contributed by atoms with Crippen molar-refractivity contribution < 1.29 is 9.90 Å². The summed E-state index contributed by atoms with van der Waals surface area (Å²) >= 11 is 0. The van der Waals surface area contributed by atoms with E-state index in [-0.39, 0.29) is 5.57 Å². The van der Waals surface area contributed by atoms with Gasteiger partial charge in [0.25, 0.3) is 0 Å². The van der Waals surface area contributed by atoms with E-state index in [1.165, 1.54) is 51.4 Å². The highest BCUT2D eigenvalue weighted by molar-refractivity contribution is 6.04. The molecule has 0 amide bonds. The minimum atomic E-state index is -0.967. The largest absolute Gasteiger partial charge is 0.478 e. The van der Waals surface area contributed by atoms with Crippen LogP contribution < -0.4 is 0 Å². The molecule has 0 aliphatic heterocycles. The van der Waals surface area contributed by atoms with Crippen LogP contribution in [0, 0.1) is 6.07 Å². The lowest BCUT2D eigenvalue weighted by Crippen LogP contribution is -2.02. The molecule has 0 heterocycles. The quantitative estimate of drug-likeness (QED) is 0.257. The third kappa shape index (κ3) is 8.14. The molecular weight excluding hydrogens is 296 g/mol. The smallest absolute Gasteiger partial charge is 0.335 e. The number of allylic oxidation sites excluding steroid dienone is 1. The molecule has 0 aliphatic rings. The molecule has 0 saturated carbocycles. The van der Waals surface area contributed by atoms with Gasteiger partial charge in [0.15, 0.2) is 0 Å². The molecule has 0 aromatic heterocycles. The topological polar surface area (TPSA) is 37.3 Å². The van der Waals surface area contributed by atoms with Crippen molar-refractivity contribution in [1.29, 1.82) is 0 Å². The Balaban J connectivity index is 2.35. The second kappa shape index (κ2) is 12.6. The Kier molecular flexibility index (Phi) is 10.6. The van der Waals surface area contributed by atoms with Crippen LogP contribution in [0.3, 0.4) is 0 Å². The standard InChI is InChI=1S/C22H31O2/c1-3-4-5-6-7-8-9-10-11-15-18-21(19(2)22(23)24)20-16-13-12-14-17-20/h12-14,16,18H,2-11,15H2,1H3,(H,23,24). The number of hydrogen-bond acceptors (Lipinski definition) is 1. The first-order valence-electron chi connectivity index (χ1n) is 9.26. The van der Waals surface area contributed by atoms with E-state index < -0.39 is 5.97 Å². The molecule has 0 atom stereocenters. The second-order valence-electron chi connectivity index (χ2n) is 6.29. The number of carbonyl (C=O) groups is 1. The van der Waals surface area contributed by atoms with Crippen LogP contribution in [-0.4, -0.2) is 11.1 Å². The zero-order valence-corrected chi connectivity index (χ0v) is 15.0. The Morgan fingerprint density at radius 3 is 2.25 bits per heavy atom. The van der Waals surface area contributed by atoms with Gasteiger partial charge in [-0.2, -0.15) is 0 Å². The summed E-state index contributed by atoms with van der Waals surface area (Å²) in [6, 6.07) is 10.6. The maximum Gasteiger partial charge on any atom is 0.335 e. The number of hydrogen-bond donors (Lipinski definition) is 1. The van der Waals surface area contributed by atoms with E-state index in [9.17, 15) is 9.90 Å². The third-order valence-corrected chi connectivity index (χ3v) is 4.24. The Hall–Kier alpha value is -1.83. The molecular formula is C22H31O2. The number of unbranched alkanes of at least 4 members (excludes halogenated alkanes) is 9. The molecule has 0 spiro atoms. The SMILES string of the molecule is C=C(C(=O)O)C(=CCCCCCCCCCCC)c1[c]cccc1. The minimum absolute atomic E-state index is 0.147. The maximum atomic E-state index is 11.2. The highest BCUT2D eigenvalue weighted by Gasteiger charge is 2.12. The van der Waals surface area contributed by atoms with Crippen LogP contribution >= 0.6 is 0 Å². The number of carboxylic acid groups (broad SMARTS) is 1. The fourth-order valence-electron chi connectivity index (χ4n) is 2.77. The Morgan fingerprint density at radius 2 is 1.71 bits per heavy atom. The molecule has 0 aliphatic carbocycles. The van der Waals surface area contributed by atoms with Gasteiger partial charge in [-0.1, -0.05) is 95.2 Å². The number of rotatable bonds is 13. The van der Waals surface area contributed by atoms with E-state index in [2.05, 4.69) is 19.6 Å². The van der Waals surface area contributed by atoms with E-state index >= 15 is 0 Å². The van der Waals surface area contributed by atoms with Gasteiger partial charge in [-0.05, 0) is 30.0 Å². The van der Waals surface area contributed by atoms with Crippen molar-refractivity contribution in [2.24, 2.45) is 0 Å². The van der Waals surface area contributed by atoms with Crippen molar-refractivity contribution in [3.05, 3.63) is 54.1 Å². The maximum absolute atomic E-state index is 11.2. The molecule has 24 heavy (non-hydrogen) atoms. The molecule has 2 nitrogen and oxygen atoms in total. The highest BCUT2D eigenvalue weighted by atomic mass is 16.4. The predicted molar refractivity (Wildman–Crippen MR) is 102 cm³/mol. The van der Waals surface area contributed by atoms with Gasteiger partial charge in [0.2, 0.25) is 0 Å². The Labute approximate surface area is 147 Å². The lowest BCUT2D eigenvalue weighted by molar-refractivity contribution is -0.132. The van der Waals surface area contributed by atoms with Gasteiger partial charge < -0.3 is 5.11 Å². The zero-order valence-electron chi connectivity index (χ0n) is 15.0. The molecule has 0 fully saturated rings. The predicted octanol–water partition coefficient (Wildman–Crippen LogP) is 6.43. The molecule has 1 N–H and O–H groups in total. The van der Waals surface area contributed by atoms with Crippen LogP contribution in [0.15, 0.2) is 42.5 Å². The molecule has 0 bridgehead atoms. The van der Waals surface area contributed by atoms with E-state index in [1.54, 1.807) is 6.07 Å². The first kappa shape index (κ1) is 20.2. The number of benzene rings is 1. The summed E-state index contributed by atoms with van der Waals surface area (Å²) in [5, 5.41) is 9.22. The average molecular weight is 327 g/mol. The van der Waals surface area contributed by atoms with Gasteiger partial charge in [0.05, 0.1) is 5.57 Å². The summed E-state index contributed by atoms with van der Waals surface area (Å²) < 4.78 is 0. The third-order valence-electron chi connectivity index (χ3n) is 4.24. The van der Waals surface area contributed by atoms with Crippen molar-refractivity contribution in [2.75, 3.05) is 0 Å². The first-order chi connectivity index (χ1) is 11.7. The van der Waals surface area contributed by atoms with Gasteiger partial charge >= 0.3 is 5.97 Å². The molecule has 131 valence electrons. The molecule has 1 aromatic carbocycles. The van der Waals surface area contributed by atoms with Crippen LogP contribution in [0.4, 0.5) is 0 Å².